The monoisotopic (exact) mass is 203 g/mol. The molecule has 1 heterocycles. The number of carbonyl (C=O) groups excluding carboxylic acids is 1. The SMILES string of the molecule is CCNC(=O)ON1CCN=C1SC. The Morgan fingerprint density at radius 2 is 2.62 bits per heavy atom. The highest BCUT2D eigenvalue weighted by Gasteiger charge is 2.19. The summed E-state index contributed by atoms with van der Waals surface area (Å²) in [4.78, 5) is 20.2. The molecule has 0 aromatic rings. The Kier molecular flexibility index (Phi) is 3.88. The molecule has 0 bridgehead atoms. The molecule has 0 fully saturated rings. The standard InChI is InChI=1S/C7H13N3O2S/c1-3-8-7(11)12-10-5-4-9-6(10)13-2/h3-5H2,1-2H3,(H,8,11). The van der Waals surface area contributed by atoms with Gasteiger partial charge in [-0.1, -0.05) is 11.8 Å². The van der Waals surface area contributed by atoms with Gasteiger partial charge >= 0.3 is 6.09 Å². The molecule has 1 amide bonds. The largest absolute Gasteiger partial charge is 0.431 e. The molecule has 0 radical (unpaired) electrons. The molecule has 1 aliphatic heterocycles. The Morgan fingerprint density at radius 1 is 1.85 bits per heavy atom. The minimum Gasteiger partial charge on any atom is -0.320 e. The van der Waals surface area contributed by atoms with Crippen molar-refractivity contribution < 1.29 is 9.63 Å². The quantitative estimate of drug-likeness (QED) is 0.717. The Bertz CT molecular complexity index is 220. The van der Waals surface area contributed by atoms with Crippen molar-refractivity contribution in [3.63, 3.8) is 0 Å². The fourth-order valence-corrected chi connectivity index (χ4v) is 1.49. The van der Waals surface area contributed by atoms with E-state index >= 15 is 0 Å². The van der Waals surface area contributed by atoms with Crippen LogP contribution in [0.15, 0.2) is 4.99 Å². The van der Waals surface area contributed by atoms with Crippen molar-refractivity contribution in [3.05, 3.63) is 0 Å². The van der Waals surface area contributed by atoms with Crippen molar-refractivity contribution in [2.75, 3.05) is 25.9 Å². The lowest BCUT2D eigenvalue weighted by Crippen LogP contribution is -2.34. The van der Waals surface area contributed by atoms with Crippen molar-refractivity contribution in [2.45, 2.75) is 6.92 Å². The number of nitrogens with zero attached hydrogens (tertiary/aromatic N) is 2. The molecular formula is C7H13N3O2S. The molecule has 0 aromatic carbocycles. The fourth-order valence-electron chi connectivity index (χ4n) is 0.939. The molecule has 1 rings (SSSR count). The maximum absolute atomic E-state index is 11.0. The van der Waals surface area contributed by atoms with E-state index in [0.29, 0.717) is 19.6 Å². The molecule has 0 unspecified atom stereocenters. The number of carbonyl (C=O) groups is 1. The van der Waals surface area contributed by atoms with Crippen LogP contribution in [0.5, 0.6) is 0 Å². The molecule has 6 heteroatoms. The van der Waals surface area contributed by atoms with E-state index in [1.807, 2.05) is 13.2 Å². The second kappa shape index (κ2) is 4.96. The zero-order chi connectivity index (χ0) is 9.68. The first kappa shape index (κ1) is 10.2. The lowest BCUT2D eigenvalue weighted by molar-refractivity contribution is -0.0236. The van der Waals surface area contributed by atoms with Gasteiger partial charge in [0.25, 0.3) is 0 Å². The van der Waals surface area contributed by atoms with Gasteiger partial charge in [0.2, 0.25) is 0 Å². The molecule has 13 heavy (non-hydrogen) atoms. The van der Waals surface area contributed by atoms with Gasteiger partial charge < -0.3 is 10.2 Å². The van der Waals surface area contributed by atoms with Crippen LogP contribution in [0.1, 0.15) is 6.92 Å². The molecular weight excluding hydrogens is 190 g/mol. The van der Waals surface area contributed by atoms with Gasteiger partial charge in [-0.15, -0.1) is 0 Å². The van der Waals surface area contributed by atoms with Gasteiger partial charge in [-0.05, 0) is 13.2 Å². The number of hydrogen-bond donors (Lipinski definition) is 1. The van der Waals surface area contributed by atoms with E-state index in [2.05, 4.69) is 10.3 Å². The van der Waals surface area contributed by atoms with E-state index in [9.17, 15) is 4.79 Å². The summed E-state index contributed by atoms with van der Waals surface area (Å²) in [6.45, 7) is 3.75. The smallest absolute Gasteiger partial charge is 0.320 e. The van der Waals surface area contributed by atoms with Gasteiger partial charge in [-0.2, -0.15) is 5.06 Å². The number of hydroxylamine groups is 2. The summed E-state index contributed by atoms with van der Waals surface area (Å²) in [6, 6.07) is 0. The molecule has 74 valence electrons. The summed E-state index contributed by atoms with van der Waals surface area (Å²) in [5.41, 5.74) is 0. The minimum atomic E-state index is -0.425. The first-order valence-corrected chi connectivity index (χ1v) is 5.32. The molecule has 0 aromatic heterocycles. The van der Waals surface area contributed by atoms with E-state index in [-0.39, 0.29) is 0 Å². The van der Waals surface area contributed by atoms with Crippen LogP contribution in [-0.2, 0) is 4.84 Å². The third-order valence-corrected chi connectivity index (χ3v) is 2.16. The third-order valence-electron chi connectivity index (χ3n) is 1.46. The zero-order valence-corrected chi connectivity index (χ0v) is 8.56. The second-order valence-corrected chi connectivity index (χ2v) is 3.15. The third kappa shape index (κ3) is 2.80. The predicted molar refractivity (Wildman–Crippen MR) is 52.7 cm³/mol. The molecule has 5 nitrogen and oxygen atoms in total. The lowest BCUT2D eigenvalue weighted by atomic mass is 10.7. The van der Waals surface area contributed by atoms with Crippen LogP contribution in [-0.4, -0.2) is 42.2 Å². The molecule has 0 aliphatic carbocycles. The topological polar surface area (TPSA) is 53.9 Å². The van der Waals surface area contributed by atoms with Gasteiger partial charge in [0.15, 0.2) is 5.17 Å². The van der Waals surface area contributed by atoms with Crippen LogP contribution in [0.3, 0.4) is 0 Å². The maximum Gasteiger partial charge on any atom is 0.431 e. The van der Waals surface area contributed by atoms with Gasteiger partial charge in [0.05, 0.1) is 13.1 Å². The Labute approximate surface area is 81.5 Å². The fraction of sp³-hybridized carbons (Fsp3) is 0.714. The van der Waals surface area contributed by atoms with E-state index in [4.69, 9.17) is 4.84 Å². The summed E-state index contributed by atoms with van der Waals surface area (Å²) in [5, 5.41) is 4.82. The van der Waals surface area contributed by atoms with Crippen LogP contribution in [0, 0.1) is 0 Å². The Balaban J connectivity index is 2.36. The van der Waals surface area contributed by atoms with Crippen LogP contribution in [0.4, 0.5) is 4.79 Å². The summed E-state index contributed by atoms with van der Waals surface area (Å²) in [5.74, 6) is 0. The van der Waals surface area contributed by atoms with Crippen LogP contribution in [0.2, 0.25) is 0 Å². The van der Waals surface area contributed by atoms with Gasteiger partial charge in [-0.3, -0.25) is 4.99 Å². The van der Waals surface area contributed by atoms with Crippen molar-refractivity contribution >= 4 is 23.0 Å². The number of amides is 1. The number of thioether (sulfide) groups is 1. The number of nitrogens with one attached hydrogen (secondary N) is 1. The summed E-state index contributed by atoms with van der Waals surface area (Å²) in [7, 11) is 0. The number of amidine groups is 1. The van der Waals surface area contributed by atoms with Crippen LogP contribution >= 0.6 is 11.8 Å². The average molecular weight is 203 g/mol. The van der Waals surface area contributed by atoms with E-state index in [1.54, 1.807) is 0 Å². The lowest BCUT2D eigenvalue weighted by Gasteiger charge is -2.16. The minimum absolute atomic E-state index is 0.425. The van der Waals surface area contributed by atoms with Crippen LogP contribution < -0.4 is 5.32 Å². The van der Waals surface area contributed by atoms with E-state index in [1.165, 1.54) is 16.8 Å². The molecule has 1 N–H and O–H groups in total. The molecule has 0 spiro atoms. The van der Waals surface area contributed by atoms with Crippen molar-refractivity contribution in [1.82, 2.24) is 10.4 Å². The number of aliphatic imine (C=N–C) groups is 1. The number of rotatable bonds is 2. The summed E-state index contributed by atoms with van der Waals surface area (Å²) < 4.78 is 0. The molecule has 1 aliphatic rings. The Morgan fingerprint density at radius 3 is 3.23 bits per heavy atom. The van der Waals surface area contributed by atoms with E-state index < -0.39 is 6.09 Å². The van der Waals surface area contributed by atoms with Gasteiger partial charge in [0, 0.05) is 6.54 Å². The highest BCUT2D eigenvalue weighted by molar-refractivity contribution is 8.13. The average Bonchev–Trinajstić information content (AvgIpc) is 2.52. The second-order valence-electron chi connectivity index (χ2n) is 2.38. The van der Waals surface area contributed by atoms with Crippen LogP contribution in [0.25, 0.3) is 0 Å². The van der Waals surface area contributed by atoms with Crippen molar-refractivity contribution in [1.29, 1.82) is 0 Å². The van der Waals surface area contributed by atoms with E-state index in [0.717, 1.165) is 5.17 Å². The van der Waals surface area contributed by atoms with Gasteiger partial charge in [0.1, 0.15) is 0 Å². The van der Waals surface area contributed by atoms with Crippen molar-refractivity contribution in [3.8, 4) is 0 Å². The highest BCUT2D eigenvalue weighted by Crippen LogP contribution is 2.11. The number of hydrogen-bond acceptors (Lipinski definition) is 5. The Hall–Kier alpha value is -0.910. The first-order valence-electron chi connectivity index (χ1n) is 4.09. The highest BCUT2D eigenvalue weighted by atomic mass is 32.2. The predicted octanol–water partition coefficient (Wildman–Crippen LogP) is 0.682. The summed E-state index contributed by atoms with van der Waals surface area (Å²) >= 11 is 1.47. The summed E-state index contributed by atoms with van der Waals surface area (Å²) in [6.07, 6.45) is 1.48. The normalized spacial score (nSPS) is 15.5. The van der Waals surface area contributed by atoms with Crippen molar-refractivity contribution in [2.24, 2.45) is 4.99 Å². The zero-order valence-electron chi connectivity index (χ0n) is 7.74. The first-order chi connectivity index (χ1) is 6.27. The molecule has 0 atom stereocenters. The molecule has 0 saturated heterocycles. The molecule has 0 saturated carbocycles. The van der Waals surface area contributed by atoms with Gasteiger partial charge in [-0.25, -0.2) is 4.79 Å². The maximum atomic E-state index is 11.0.